The minimum absolute atomic E-state index is 0.0486. The number of amides is 1. The molecule has 1 amide bonds. The summed E-state index contributed by atoms with van der Waals surface area (Å²) in [5, 5.41) is 9.03. The molecule has 1 aromatic rings. The molecule has 0 bridgehead atoms. The smallest absolute Gasteiger partial charge is 0.255 e. The number of carbonyl (C=O) groups is 1. The van der Waals surface area contributed by atoms with Crippen LogP contribution in [0.1, 0.15) is 57.6 Å². The minimum atomic E-state index is -0.163. The highest BCUT2D eigenvalue weighted by atomic mass is 16.2. The maximum Gasteiger partial charge on any atom is 0.255 e. The van der Waals surface area contributed by atoms with Crippen molar-refractivity contribution in [3.63, 3.8) is 0 Å². The molecule has 0 radical (unpaired) electrons. The number of aliphatic hydroxyl groups excluding tert-OH is 1. The Kier molecular flexibility index (Phi) is 9.54. The summed E-state index contributed by atoms with van der Waals surface area (Å²) in [6.07, 6.45) is 13.5. The van der Waals surface area contributed by atoms with Crippen LogP contribution in [0.15, 0.2) is 65.9 Å². The molecule has 2 aliphatic rings. The SMILES string of the molecule is CC(C)(C)CCN1CCCC(N(Cc2cccc(C#CCO)c2)C(=O)C2=CC=CC=C=C2)CC1. The van der Waals surface area contributed by atoms with Crippen molar-refractivity contribution in [1.82, 2.24) is 9.80 Å². The Morgan fingerprint density at radius 2 is 2.09 bits per heavy atom. The lowest BCUT2D eigenvalue weighted by Crippen LogP contribution is -2.41. The number of allylic oxidation sites excluding steroid dienone is 3. The van der Waals surface area contributed by atoms with Crippen LogP contribution in [0.5, 0.6) is 0 Å². The first kappa shape index (κ1) is 25.8. The number of hydrogen-bond acceptors (Lipinski definition) is 3. The van der Waals surface area contributed by atoms with Crippen LogP contribution in [0.4, 0.5) is 0 Å². The highest BCUT2D eigenvalue weighted by Gasteiger charge is 2.28. The predicted molar refractivity (Wildman–Crippen MR) is 139 cm³/mol. The summed E-state index contributed by atoms with van der Waals surface area (Å²) in [7, 11) is 0. The van der Waals surface area contributed by atoms with Gasteiger partial charge in [-0.25, -0.2) is 0 Å². The van der Waals surface area contributed by atoms with Crippen molar-refractivity contribution < 1.29 is 9.90 Å². The first-order chi connectivity index (χ1) is 16.4. The van der Waals surface area contributed by atoms with Gasteiger partial charge < -0.3 is 14.9 Å². The maximum absolute atomic E-state index is 13.7. The molecule has 1 heterocycles. The van der Waals surface area contributed by atoms with Crippen molar-refractivity contribution in [2.75, 3.05) is 26.2 Å². The van der Waals surface area contributed by atoms with Crippen molar-refractivity contribution in [2.24, 2.45) is 5.41 Å². The number of likely N-dealkylation sites (tertiary alicyclic amines) is 1. The molecule has 0 aromatic heterocycles. The van der Waals surface area contributed by atoms with Gasteiger partial charge in [0.15, 0.2) is 0 Å². The van der Waals surface area contributed by atoms with Gasteiger partial charge in [-0.3, -0.25) is 4.79 Å². The van der Waals surface area contributed by atoms with E-state index in [0.717, 1.165) is 50.0 Å². The second-order valence-corrected chi connectivity index (χ2v) is 10.3. The molecule has 0 saturated carbocycles. The fourth-order valence-electron chi connectivity index (χ4n) is 4.37. The normalized spacial score (nSPS) is 18.5. The van der Waals surface area contributed by atoms with Crippen LogP contribution in [-0.2, 0) is 11.3 Å². The average Bonchev–Trinajstić information content (AvgIpc) is 3.23. The van der Waals surface area contributed by atoms with Gasteiger partial charge in [0.2, 0.25) is 0 Å². The summed E-state index contributed by atoms with van der Waals surface area (Å²) in [6, 6.07) is 8.16. The molecule has 4 nitrogen and oxygen atoms in total. The fraction of sp³-hybridized carbons (Fsp3) is 0.467. The highest BCUT2D eigenvalue weighted by Crippen LogP contribution is 2.24. The fourth-order valence-corrected chi connectivity index (χ4v) is 4.37. The van der Waals surface area contributed by atoms with Gasteiger partial charge in [-0.05, 0) is 80.1 Å². The van der Waals surface area contributed by atoms with Crippen molar-refractivity contribution in [2.45, 2.75) is 59.0 Å². The summed E-state index contributed by atoms with van der Waals surface area (Å²) in [6.45, 7) is 10.5. The lowest BCUT2D eigenvalue weighted by Gasteiger charge is -2.32. The molecule has 1 aliphatic carbocycles. The zero-order valence-corrected chi connectivity index (χ0v) is 20.9. The number of carbonyl (C=O) groups excluding carboxylic acids is 1. The Morgan fingerprint density at radius 3 is 2.88 bits per heavy atom. The summed E-state index contributed by atoms with van der Waals surface area (Å²) in [5.74, 6) is 5.74. The molecule has 1 N–H and O–H groups in total. The molecule has 1 fully saturated rings. The van der Waals surface area contributed by atoms with Crippen molar-refractivity contribution in [3.05, 3.63) is 77.1 Å². The number of rotatable bonds is 6. The Hall–Kier alpha value is -2.83. The molecule has 1 unspecified atom stereocenters. The molecule has 1 aliphatic heterocycles. The second kappa shape index (κ2) is 12.6. The van der Waals surface area contributed by atoms with Gasteiger partial charge in [-0.1, -0.05) is 56.9 Å². The van der Waals surface area contributed by atoms with Gasteiger partial charge in [-0.15, -0.1) is 5.73 Å². The molecule has 1 saturated heterocycles. The van der Waals surface area contributed by atoms with E-state index in [9.17, 15) is 4.79 Å². The monoisotopic (exact) mass is 458 g/mol. The van der Waals surface area contributed by atoms with E-state index in [1.54, 1.807) is 6.08 Å². The standard InChI is InChI=1S/C30H38N2O2/c1-30(2,3)18-21-31-19-9-16-28(17-20-31)32(29(34)27-14-6-4-5-7-15-27)24-26-12-8-11-25(23-26)13-10-22-33/h4-6,8,11-12,14-15,23,28,33H,9,16-22,24H2,1-3H3. The zero-order valence-electron chi connectivity index (χ0n) is 20.9. The third-order valence-electron chi connectivity index (χ3n) is 6.33. The van der Waals surface area contributed by atoms with Crippen molar-refractivity contribution in [1.29, 1.82) is 0 Å². The second-order valence-electron chi connectivity index (χ2n) is 10.3. The first-order valence-corrected chi connectivity index (χ1v) is 12.4. The third kappa shape index (κ3) is 8.19. The predicted octanol–water partition coefficient (Wildman–Crippen LogP) is 4.86. The van der Waals surface area contributed by atoms with Gasteiger partial charge in [0.25, 0.3) is 5.91 Å². The largest absolute Gasteiger partial charge is 0.384 e. The van der Waals surface area contributed by atoms with E-state index >= 15 is 0 Å². The molecule has 180 valence electrons. The molecular weight excluding hydrogens is 420 g/mol. The van der Waals surface area contributed by atoms with Gasteiger partial charge in [0, 0.05) is 30.3 Å². The van der Waals surface area contributed by atoms with E-state index in [4.69, 9.17) is 5.11 Å². The first-order valence-electron chi connectivity index (χ1n) is 12.4. The molecule has 0 spiro atoms. The van der Waals surface area contributed by atoms with Crippen molar-refractivity contribution >= 4 is 5.91 Å². The lowest BCUT2D eigenvalue weighted by atomic mass is 9.92. The number of hydrogen-bond donors (Lipinski definition) is 1. The third-order valence-corrected chi connectivity index (χ3v) is 6.33. The molecule has 1 atom stereocenters. The van der Waals surface area contributed by atoms with E-state index in [1.807, 2.05) is 48.6 Å². The quantitative estimate of drug-likeness (QED) is 0.489. The zero-order chi connectivity index (χ0) is 24.4. The summed E-state index contributed by atoms with van der Waals surface area (Å²) >= 11 is 0. The van der Waals surface area contributed by atoms with E-state index in [1.165, 1.54) is 6.42 Å². The van der Waals surface area contributed by atoms with Crippen LogP contribution >= 0.6 is 0 Å². The Balaban J connectivity index is 1.80. The molecule has 1 aromatic carbocycles. The average molecular weight is 459 g/mol. The lowest BCUT2D eigenvalue weighted by molar-refractivity contribution is -0.130. The molecule has 34 heavy (non-hydrogen) atoms. The van der Waals surface area contributed by atoms with Crippen molar-refractivity contribution in [3.8, 4) is 11.8 Å². The van der Waals surface area contributed by atoms with Crippen LogP contribution in [0.25, 0.3) is 0 Å². The van der Waals surface area contributed by atoms with Gasteiger partial charge in [-0.2, -0.15) is 0 Å². The number of nitrogens with zero attached hydrogens (tertiary/aromatic N) is 2. The van der Waals surface area contributed by atoms with Gasteiger partial charge in [0.05, 0.1) is 0 Å². The van der Waals surface area contributed by atoms with Crippen LogP contribution < -0.4 is 0 Å². The minimum Gasteiger partial charge on any atom is -0.384 e. The summed E-state index contributed by atoms with van der Waals surface area (Å²) in [4.78, 5) is 18.3. The van der Waals surface area contributed by atoms with Crippen LogP contribution in [0.2, 0.25) is 0 Å². The Bertz CT molecular complexity index is 1030. The summed E-state index contributed by atoms with van der Waals surface area (Å²) in [5.41, 5.74) is 5.98. The van der Waals surface area contributed by atoms with Gasteiger partial charge in [0.1, 0.15) is 6.61 Å². The molecular formula is C30H38N2O2. The molecule has 4 heteroatoms. The van der Waals surface area contributed by atoms with Crippen LogP contribution in [-0.4, -0.2) is 53.1 Å². The highest BCUT2D eigenvalue weighted by molar-refractivity contribution is 5.96. The van der Waals surface area contributed by atoms with E-state index < -0.39 is 0 Å². The van der Waals surface area contributed by atoms with Crippen LogP contribution in [0, 0.1) is 17.3 Å². The van der Waals surface area contributed by atoms with Gasteiger partial charge >= 0.3 is 0 Å². The number of aliphatic hydroxyl groups is 1. The maximum atomic E-state index is 13.7. The van der Waals surface area contributed by atoms with E-state index in [-0.39, 0.29) is 18.6 Å². The summed E-state index contributed by atoms with van der Waals surface area (Å²) < 4.78 is 0. The Labute approximate surface area is 205 Å². The van der Waals surface area contributed by atoms with E-state index in [2.05, 4.69) is 48.1 Å². The topological polar surface area (TPSA) is 43.8 Å². The number of benzene rings is 1. The van der Waals surface area contributed by atoms with Crippen LogP contribution in [0.3, 0.4) is 0 Å². The Morgan fingerprint density at radius 1 is 1.24 bits per heavy atom. The van der Waals surface area contributed by atoms with E-state index in [0.29, 0.717) is 17.5 Å². The molecule has 3 rings (SSSR count).